The molecule has 6 heteroatoms. The number of ether oxygens (including phenoxy) is 1. The van der Waals surface area contributed by atoms with E-state index in [-0.39, 0.29) is 18.6 Å². The summed E-state index contributed by atoms with van der Waals surface area (Å²) in [5.41, 5.74) is -0.805. The zero-order valence-electron chi connectivity index (χ0n) is 10.6. The Hall–Kier alpha value is -1.30. The van der Waals surface area contributed by atoms with E-state index in [0.29, 0.717) is 19.6 Å². The van der Waals surface area contributed by atoms with Crippen LogP contribution in [0.1, 0.15) is 26.2 Å². The number of carbonyl (C=O) groups is 2. The van der Waals surface area contributed by atoms with Crippen molar-refractivity contribution in [2.75, 3.05) is 26.3 Å². The Labute approximate surface area is 106 Å². The molecule has 6 nitrogen and oxygen atoms in total. The average Bonchev–Trinajstić information content (AvgIpc) is 2.75. The summed E-state index contributed by atoms with van der Waals surface area (Å²) in [5.74, 6) is -0.834. The summed E-state index contributed by atoms with van der Waals surface area (Å²) in [6.45, 7) is 3.78. The highest BCUT2D eigenvalue weighted by atomic mass is 16.5. The Morgan fingerprint density at radius 2 is 2.28 bits per heavy atom. The van der Waals surface area contributed by atoms with E-state index in [1.807, 2.05) is 0 Å². The molecule has 102 valence electrons. The first-order valence-electron chi connectivity index (χ1n) is 6.38. The van der Waals surface area contributed by atoms with Crippen molar-refractivity contribution in [2.45, 2.75) is 32.2 Å². The number of amides is 2. The van der Waals surface area contributed by atoms with Crippen LogP contribution in [0, 0.1) is 5.41 Å². The zero-order chi connectivity index (χ0) is 13.2. The van der Waals surface area contributed by atoms with E-state index >= 15 is 0 Å². The summed E-state index contributed by atoms with van der Waals surface area (Å²) in [6, 6.07) is -0.113. The van der Waals surface area contributed by atoms with Crippen LogP contribution < -0.4 is 5.32 Å². The standard InChI is InChI=1S/C12H20N2O4/c1-12(10(15)16)4-5-14(8-12)11(17)13-9-3-2-6-18-7-9/h9H,2-8H2,1H3,(H,13,17)(H,15,16). The molecule has 0 aliphatic carbocycles. The van der Waals surface area contributed by atoms with E-state index < -0.39 is 11.4 Å². The van der Waals surface area contributed by atoms with E-state index in [1.54, 1.807) is 11.8 Å². The van der Waals surface area contributed by atoms with Gasteiger partial charge in [-0.3, -0.25) is 4.79 Å². The van der Waals surface area contributed by atoms with Crippen LogP contribution in [0.3, 0.4) is 0 Å². The van der Waals surface area contributed by atoms with Gasteiger partial charge in [-0.15, -0.1) is 0 Å². The van der Waals surface area contributed by atoms with Gasteiger partial charge in [-0.1, -0.05) is 0 Å². The van der Waals surface area contributed by atoms with Gasteiger partial charge in [0.2, 0.25) is 0 Å². The molecule has 0 radical (unpaired) electrons. The average molecular weight is 256 g/mol. The summed E-state index contributed by atoms with van der Waals surface area (Å²) in [5, 5.41) is 12.0. The third-order valence-corrected chi connectivity index (χ3v) is 3.76. The van der Waals surface area contributed by atoms with Gasteiger partial charge in [0.1, 0.15) is 0 Å². The molecule has 0 bridgehead atoms. The second-order valence-corrected chi connectivity index (χ2v) is 5.40. The van der Waals surface area contributed by atoms with Crippen LogP contribution in [0.4, 0.5) is 4.79 Å². The molecule has 2 atom stereocenters. The highest BCUT2D eigenvalue weighted by molar-refractivity contribution is 5.79. The Morgan fingerprint density at radius 1 is 1.50 bits per heavy atom. The maximum absolute atomic E-state index is 12.0. The lowest BCUT2D eigenvalue weighted by atomic mass is 9.90. The molecular weight excluding hydrogens is 236 g/mol. The zero-order valence-corrected chi connectivity index (χ0v) is 10.6. The SMILES string of the molecule is CC1(C(=O)O)CCN(C(=O)NC2CCCOC2)C1. The van der Waals surface area contributed by atoms with Gasteiger partial charge in [-0.25, -0.2) is 4.79 Å². The minimum Gasteiger partial charge on any atom is -0.481 e. The number of nitrogens with zero attached hydrogens (tertiary/aromatic N) is 1. The van der Waals surface area contributed by atoms with Crippen molar-refractivity contribution in [3.05, 3.63) is 0 Å². The van der Waals surface area contributed by atoms with E-state index in [0.717, 1.165) is 19.4 Å². The summed E-state index contributed by atoms with van der Waals surface area (Å²) in [4.78, 5) is 24.7. The van der Waals surface area contributed by atoms with Gasteiger partial charge < -0.3 is 20.1 Å². The first-order valence-corrected chi connectivity index (χ1v) is 6.38. The lowest BCUT2D eigenvalue weighted by Gasteiger charge is -2.26. The molecule has 0 aromatic carbocycles. The van der Waals surface area contributed by atoms with Crippen LogP contribution in [0.2, 0.25) is 0 Å². The molecule has 0 spiro atoms. The highest BCUT2D eigenvalue weighted by Gasteiger charge is 2.42. The molecule has 2 rings (SSSR count). The van der Waals surface area contributed by atoms with Gasteiger partial charge in [0.25, 0.3) is 0 Å². The number of aliphatic carboxylic acids is 1. The molecule has 2 N–H and O–H groups in total. The number of carboxylic acid groups (broad SMARTS) is 1. The lowest BCUT2D eigenvalue weighted by Crippen LogP contribution is -2.47. The van der Waals surface area contributed by atoms with Crippen LogP contribution in [-0.2, 0) is 9.53 Å². The minimum atomic E-state index is -0.834. The Morgan fingerprint density at radius 3 is 2.83 bits per heavy atom. The number of hydrogen-bond donors (Lipinski definition) is 2. The number of carboxylic acids is 1. The van der Waals surface area contributed by atoms with E-state index in [4.69, 9.17) is 9.84 Å². The molecule has 18 heavy (non-hydrogen) atoms. The largest absolute Gasteiger partial charge is 0.481 e. The third kappa shape index (κ3) is 2.75. The maximum Gasteiger partial charge on any atom is 0.317 e. The quantitative estimate of drug-likeness (QED) is 0.761. The fraction of sp³-hybridized carbons (Fsp3) is 0.833. The molecule has 2 saturated heterocycles. The number of hydrogen-bond acceptors (Lipinski definition) is 3. The highest BCUT2D eigenvalue weighted by Crippen LogP contribution is 2.30. The van der Waals surface area contributed by atoms with E-state index in [9.17, 15) is 9.59 Å². The van der Waals surface area contributed by atoms with Gasteiger partial charge in [0.05, 0.1) is 18.1 Å². The van der Waals surface area contributed by atoms with Crippen molar-refractivity contribution in [1.82, 2.24) is 10.2 Å². The van der Waals surface area contributed by atoms with E-state index in [2.05, 4.69) is 5.32 Å². The van der Waals surface area contributed by atoms with Crippen molar-refractivity contribution in [1.29, 1.82) is 0 Å². The molecule has 2 aliphatic rings. The van der Waals surface area contributed by atoms with Gasteiger partial charge in [-0.05, 0) is 26.2 Å². The van der Waals surface area contributed by atoms with Crippen LogP contribution in [0.15, 0.2) is 0 Å². The Kier molecular flexibility index (Phi) is 3.75. The van der Waals surface area contributed by atoms with Crippen LogP contribution in [0.5, 0.6) is 0 Å². The normalized spacial score (nSPS) is 32.3. The van der Waals surface area contributed by atoms with Crippen molar-refractivity contribution in [3.63, 3.8) is 0 Å². The summed E-state index contributed by atoms with van der Waals surface area (Å²) < 4.78 is 5.30. The van der Waals surface area contributed by atoms with Crippen molar-refractivity contribution < 1.29 is 19.4 Å². The summed E-state index contributed by atoms with van der Waals surface area (Å²) in [6.07, 6.45) is 2.39. The summed E-state index contributed by atoms with van der Waals surface area (Å²) >= 11 is 0. The minimum absolute atomic E-state index is 0.0583. The summed E-state index contributed by atoms with van der Waals surface area (Å²) in [7, 11) is 0. The van der Waals surface area contributed by atoms with Crippen molar-refractivity contribution in [3.8, 4) is 0 Å². The second kappa shape index (κ2) is 5.14. The predicted octanol–water partition coefficient (Wildman–Crippen LogP) is 0.672. The molecule has 2 fully saturated rings. The van der Waals surface area contributed by atoms with Gasteiger partial charge in [-0.2, -0.15) is 0 Å². The Bertz CT molecular complexity index is 341. The first-order chi connectivity index (χ1) is 8.51. The molecule has 0 aromatic heterocycles. The van der Waals surface area contributed by atoms with Crippen molar-refractivity contribution in [2.24, 2.45) is 5.41 Å². The fourth-order valence-corrected chi connectivity index (χ4v) is 2.43. The van der Waals surface area contributed by atoms with Crippen molar-refractivity contribution >= 4 is 12.0 Å². The predicted molar refractivity (Wildman–Crippen MR) is 64.3 cm³/mol. The smallest absolute Gasteiger partial charge is 0.317 e. The molecule has 0 saturated carbocycles. The molecule has 0 aromatic rings. The number of urea groups is 1. The maximum atomic E-state index is 12.0. The molecule has 2 unspecified atom stereocenters. The molecule has 2 aliphatic heterocycles. The second-order valence-electron chi connectivity index (χ2n) is 5.40. The van der Waals surface area contributed by atoms with Gasteiger partial charge >= 0.3 is 12.0 Å². The van der Waals surface area contributed by atoms with E-state index in [1.165, 1.54) is 0 Å². The number of carbonyl (C=O) groups excluding carboxylic acids is 1. The lowest BCUT2D eigenvalue weighted by molar-refractivity contribution is -0.147. The van der Waals surface area contributed by atoms with Crippen LogP contribution in [0.25, 0.3) is 0 Å². The van der Waals surface area contributed by atoms with Crippen LogP contribution >= 0.6 is 0 Å². The first kappa shape index (κ1) is 13.1. The third-order valence-electron chi connectivity index (χ3n) is 3.76. The molecule has 2 heterocycles. The molecular formula is C12H20N2O4. The Balaban J connectivity index is 1.85. The number of rotatable bonds is 2. The monoisotopic (exact) mass is 256 g/mol. The topological polar surface area (TPSA) is 78.9 Å². The number of nitrogens with one attached hydrogen (secondary N) is 1. The molecule has 2 amide bonds. The van der Waals surface area contributed by atoms with Gasteiger partial charge in [0.15, 0.2) is 0 Å². The number of likely N-dealkylation sites (tertiary alicyclic amines) is 1. The fourth-order valence-electron chi connectivity index (χ4n) is 2.43. The van der Waals surface area contributed by atoms with Crippen LogP contribution in [-0.4, -0.2) is 54.4 Å². The van der Waals surface area contributed by atoms with Gasteiger partial charge in [0, 0.05) is 19.7 Å².